The van der Waals surface area contributed by atoms with Crippen LogP contribution in [0.5, 0.6) is 0 Å². The van der Waals surface area contributed by atoms with Crippen LogP contribution >= 0.6 is 0 Å². The lowest BCUT2D eigenvalue weighted by Crippen LogP contribution is -2.07. The van der Waals surface area contributed by atoms with Crippen molar-refractivity contribution in [3.8, 4) is 0 Å². The quantitative estimate of drug-likeness (QED) is 0.609. The van der Waals surface area contributed by atoms with E-state index in [4.69, 9.17) is 9.78 Å². The third-order valence-corrected chi connectivity index (χ3v) is 2.57. The van der Waals surface area contributed by atoms with E-state index in [1.54, 1.807) is 12.1 Å². The van der Waals surface area contributed by atoms with Crippen LogP contribution in [0.4, 0.5) is 0 Å². The Bertz CT molecular complexity index is 520. The first kappa shape index (κ1) is 12.3. The normalized spacial score (nSPS) is 10.1. The molecule has 0 saturated heterocycles. The van der Waals surface area contributed by atoms with Crippen molar-refractivity contribution in [2.24, 2.45) is 0 Å². The molecule has 0 spiro atoms. The molecule has 0 N–H and O–H groups in total. The van der Waals surface area contributed by atoms with Crippen LogP contribution in [0.15, 0.2) is 54.6 Å². The molecule has 0 fully saturated rings. The van der Waals surface area contributed by atoms with Crippen LogP contribution in [0.25, 0.3) is 0 Å². The van der Waals surface area contributed by atoms with Gasteiger partial charge in [0.1, 0.15) is 6.61 Å². The Morgan fingerprint density at radius 1 is 1.00 bits per heavy atom. The summed E-state index contributed by atoms with van der Waals surface area (Å²) in [6.45, 7) is 2.10. The molecule has 0 aliphatic heterocycles. The third-order valence-electron chi connectivity index (χ3n) is 2.57. The Kier molecular flexibility index (Phi) is 4.10. The highest BCUT2D eigenvalue weighted by Gasteiger charge is 2.10. The smallest absolute Gasteiger partial charge is 0.292 e. The highest BCUT2D eigenvalue weighted by atomic mass is 17.2. The number of benzene rings is 2. The first-order valence-electron chi connectivity index (χ1n) is 5.71. The molecule has 0 heterocycles. The monoisotopic (exact) mass is 242 g/mol. The van der Waals surface area contributed by atoms with E-state index in [1.807, 2.05) is 49.4 Å². The van der Waals surface area contributed by atoms with Gasteiger partial charge in [0, 0.05) is 0 Å². The molecule has 3 heteroatoms. The molecule has 0 radical (unpaired) electrons. The van der Waals surface area contributed by atoms with Gasteiger partial charge in [-0.1, -0.05) is 48.5 Å². The molecule has 0 unspecified atom stereocenters. The van der Waals surface area contributed by atoms with Gasteiger partial charge < -0.3 is 0 Å². The second-order valence-electron chi connectivity index (χ2n) is 3.93. The van der Waals surface area contributed by atoms with Crippen molar-refractivity contribution in [3.63, 3.8) is 0 Å². The van der Waals surface area contributed by atoms with Gasteiger partial charge in [0.25, 0.3) is 0 Å². The number of aryl methyl sites for hydroxylation is 1. The number of rotatable bonds is 4. The van der Waals surface area contributed by atoms with Crippen LogP contribution in [0.2, 0.25) is 0 Å². The molecule has 3 nitrogen and oxygen atoms in total. The molecule has 0 amide bonds. The summed E-state index contributed by atoms with van der Waals surface area (Å²) in [4.78, 5) is 21.4. The minimum Gasteiger partial charge on any atom is -0.292 e. The van der Waals surface area contributed by atoms with Gasteiger partial charge >= 0.3 is 5.97 Å². The number of carbonyl (C=O) groups excluding carboxylic acids is 1. The summed E-state index contributed by atoms with van der Waals surface area (Å²) in [5.74, 6) is -0.468. The Hall–Kier alpha value is -2.13. The van der Waals surface area contributed by atoms with Gasteiger partial charge in [-0.2, -0.15) is 4.89 Å². The molecule has 2 aromatic carbocycles. The van der Waals surface area contributed by atoms with Crippen molar-refractivity contribution >= 4 is 5.97 Å². The van der Waals surface area contributed by atoms with E-state index in [-0.39, 0.29) is 6.61 Å². The molecule has 0 saturated carbocycles. The van der Waals surface area contributed by atoms with Crippen LogP contribution in [0, 0.1) is 6.92 Å². The summed E-state index contributed by atoms with van der Waals surface area (Å²) in [5, 5.41) is 0. The van der Waals surface area contributed by atoms with Gasteiger partial charge in [-0.15, -0.1) is 0 Å². The largest absolute Gasteiger partial charge is 0.373 e. The summed E-state index contributed by atoms with van der Waals surface area (Å²) < 4.78 is 0. The van der Waals surface area contributed by atoms with Crippen molar-refractivity contribution in [1.29, 1.82) is 0 Å². The average molecular weight is 242 g/mol. The Balaban J connectivity index is 1.88. The lowest BCUT2D eigenvalue weighted by molar-refractivity contribution is -0.250. The van der Waals surface area contributed by atoms with Crippen LogP contribution < -0.4 is 0 Å². The van der Waals surface area contributed by atoms with Crippen molar-refractivity contribution in [2.75, 3.05) is 0 Å². The van der Waals surface area contributed by atoms with Gasteiger partial charge in [-0.05, 0) is 24.1 Å². The number of carbonyl (C=O) groups is 1. The second kappa shape index (κ2) is 5.98. The fourth-order valence-electron chi connectivity index (χ4n) is 1.57. The molecule has 2 aromatic rings. The van der Waals surface area contributed by atoms with Gasteiger partial charge in [0.2, 0.25) is 0 Å². The van der Waals surface area contributed by atoms with E-state index in [0.29, 0.717) is 5.56 Å². The molecule has 0 bridgehead atoms. The van der Waals surface area contributed by atoms with Crippen molar-refractivity contribution in [1.82, 2.24) is 0 Å². The van der Waals surface area contributed by atoms with Crippen molar-refractivity contribution in [2.45, 2.75) is 13.5 Å². The standard InChI is InChI=1S/C15H14O3/c1-12-7-5-6-10-14(12)15(16)18-17-11-13-8-3-2-4-9-13/h2-10H,11H2,1H3. The summed E-state index contributed by atoms with van der Waals surface area (Å²) >= 11 is 0. The van der Waals surface area contributed by atoms with Gasteiger partial charge in [-0.25, -0.2) is 4.79 Å². The number of hydrogen-bond donors (Lipinski definition) is 0. The fourth-order valence-corrected chi connectivity index (χ4v) is 1.57. The molecule has 2 rings (SSSR count). The average Bonchev–Trinajstić information content (AvgIpc) is 2.40. The highest BCUT2D eigenvalue weighted by Crippen LogP contribution is 2.09. The van der Waals surface area contributed by atoms with Crippen molar-refractivity contribution < 1.29 is 14.6 Å². The van der Waals surface area contributed by atoms with Crippen LogP contribution in [0.1, 0.15) is 21.5 Å². The van der Waals surface area contributed by atoms with Gasteiger partial charge in [-0.3, -0.25) is 4.89 Å². The zero-order chi connectivity index (χ0) is 12.8. The number of hydrogen-bond acceptors (Lipinski definition) is 3. The molecule has 18 heavy (non-hydrogen) atoms. The highest BCUT2D eigenvalue weighted by molar-refractivity contribution is 5.90. The summed E-state index contributed by atoms with van der Waals surface area (Å²) in [7, 11) is 0. The van der Waals surface area contributed by atoms with Crippen molar-refractivity contribution in [3.05, 3.63) is 71.3 Å². The van der Waals surface area contributed by atoms with Crippen LogP contribution in [-0.2, 0) is 16.4 Å². The maximum atomic E-state index is 11.7. The molecule has 0 aliphatic rings. The molecule has 0 aromatic heterocycles. The topological polar surface area (TPSA) is 35.5 Å². The SMILES string of the molecule is Cc1ccccc1C(=O)OOCc1ccccc1. The lowest BCUT2D eigenvalue weighted by atomic mass is 10.1. The van der Waals surface area contributed by atoms with E-state index in [1.165, 1.54) is 0 Å². The van der Waals surface area contributed by atoms with Gasteiger partial charge in [0.15, 0.2) is 0 Å². The van der Waals surface area contributed by atoms with E-state index < -0.39 is 5.97 Å². The summed E-state index contributed by atoms with van der Waals surface area (Å²) in [5.41, 5.74) is 2.34. The first-order chi connectivity index (χ1) is 8.77. The fraction of sp³-hybridized carbons (Fsp3) is 0.133. The summed E-state index contributed by atoms with van der Waals surface area (Å²) in [6, 6.07) is 16.8. The maximum absolute atomic E-state index is 11.7. The Labute approximate surface area is 106 Å². The molecule has 92 valence electrons. The lowest BCUT2D eigenvalue weighted by Gasteiger charge is -2.05. The Morgan fingerprint density at radius 2 is 1.67 bits per heavy atom. The predicted octanol–water partition coefficient (Wildman–Crippen LogP) is 3.28. The Morgan fingerprint density at radius 3 is 2.39 bits per heavy atom. The van der Waals surface area contributed by atoms with E-state index in [9.17, 15) is 4.79 Å². The molecule has 0 atom stereocenters. The van der Waals surface area contributed by atoms with E-state index in [2.05, 4.69) is 0 Å². The third kappa shape index (κ3) is 3.18. The zero-order valence-electron chi connectivity index (χ0n) is 10.1. The molecule has 0 aliphatic carbocycles. The zero-order valence-corrected chi connectivity index (χ0v) is 10.1. The molecular weight excluding hydrogens is 228 g/mol. The second-order valence-corrected chi connectivity index (χ2v) is 3.93. The van der Waals surface area contributed by atoms with Crippen LogP contribution in [0.3, 0.4) is 0 Å². The van der Waals surface area contributed by atoms with E-state index >= 15 is 0 Å². The first-order valence-corrected chi connectivity index (χ1v) is 5.71. The molecular formula is C15H14O3. The predicted molar refractivity (Wildman–Crippen MR) is 67.8 cm³/mol. The minimum absolute atomic E-state index is 0.248. The maximum Gasteiger partial charge on any atom is 0.373 e. The van der Waals surface area contributed by atoms with Gasteiger partial charge in [0.05, 0.1) is 5.56 Å². The van der Waals surface area contributed by atoms with E-state index in [0.717, 1.165) is 11.1 Å². The van der Waals surface area contributed by atoms with Crippen LogP contribution in [-0.4, -0.2) is 5.97 Å². The summed E-state index contributed by atoms with van der Waals surface area (Å²) in [6.07, 6.45) is 0. The minimum atomic E-state index is -0.468.